The molecule has 0 aliphatic rings. The van der Waals surface area contributed by atoms with E-state index in [0.717, 1.165) is 6.20 Å². The van der Waals surface area contributed by atoms with Crippen LogP contribution in [0.25, 0.3) is 22.6 Å². The Hall–Kier alpha value is -4.35. The van der Waals surface area contributed by atoms with Crippen molar-refractivity contribution in [2.45, 2.75) is 6.54 Å². The van der Waals surface area contributed by atoms with Crippen molar-refractivity contribution in [3.05, 3.63) is 53.7 Å². The van der Waals surface area contributed by atoms with E-state index in [-0.39, 0.29) is 35.4 Å². The zero-order chi connectivity index (χ0) is 22.1. The lowest BCUT2D eigenvalue weighted by Crippen LogP contribution is -2.37. The first kappa shape index (κ1) is 19.9. The summed E-state index contributed by atoms with van der Waals surface area (Å²) in [5, 5.41) is 5.68. The number of nitrogens with zero attached hydrogens (tertiary/aromatic N) is 4. The number of methoxy groups -OCH3 is 1. The molecule has 0 radical (unpaired) electrons. The molecule has 158 valence electrons. The highest BCUT2D eigenvalue weighted by Gasteiger charge is 2.24. The summed E-state index contributed by atoms with van der Waals surface area (Å²) in [6.45, 7) is 0.0920. The molecule has 0 fully saturated rings. The second kappa shape index (κ2) is 7.82. The number of carbonyl (C=O) groups is 1. The van der Waals surface area contributed by atoms with Crippen LogP contribution in [0.2, 0.25) is 0 Å². The highest BCUT2D eigenvalue weighted by atomic mass is 19.1. The minimum absolute atomic E-state index is 0.0185. The largest absolute Gasteiger partial charge is 0.453 e. The van der Waals surface area contributed by atoms with Crippen molar-refractivity contribution in [2.75, 3.05) is 23.9 Å². The number of fused-ring (bicyclic) bond motifs is 1. The number of aromatic nitrogens is 5. The number of aromatic amines is 1. The summed E-state index contributed by atoms with van der Waals surface area (Å²) < 4.78 is 34.1. The van der Waals surface area contributed by atoms with E-state index in [1.165, 1.54) is 23.9 Å². The molecule has 0 saturated heterocycles. The number of pyridine rings is 1. The minimum atomic E-state index is -0.797. The SMILES string of the molecule is COC(=O)Nc1c(N)nc(-c2[nH][n+](Cc3ccccc3F)c3ncc(F)cc23)nc1N. The number of amides is 1. The lowest BCUT2D eigenvalue weighted by molar-refractivity contribution is -0.719. The third-order valence-corrected chi connectivity index (χ3v) is 4.49. The van der Waals surface area contributed by atoms with Crippen LogP contribution in [-0.2, 0) is 11.3 Å². The molecular weight excluding hydrogens is 410 g/mol. The zero-order valence-corrected chi connectivity index (χ0v) is 16.2. The first-order valence-electron chi connectivity index (χ1n) is 8.96. The Morgan fingerprint density at radius 1 is 1.23 bits per heavy atom. The normalized spacial score (nSPS) is 10.9. The van der Waals surface area contributed by atoms with Gasteiger partial charge in [-0.1, -0.05) is 18.2 Å². The molecule has 0 bridgehead atoms. The Labute approximate surface area is 173 Å². The minimum Gasteiger partial charge on any atom is -0.453 e. The lowest BCUT2D eigenvalue weighted by atomic mass is 10.2. The number of halogens is 2. The number of hydrogen-bond donors (Lipinski definition) is 4. The Morgan fingerprint density at radius 3 is 2.61 bits per heavy atom. The molecule has 31 heavy (non-hydrogen) atoms. The molecule has 12 heteroatoms. The molecule has 1 aromatic carbocycles. The third-order valence-electron chi connectivity index (χ3n) is 4.49. The van der Waals surface area contributed by atoms with Gasteiger partial charge in [-0.05, 0) is 17.1 Å². The van der Waals surface area contributed by atoms with Gasteiger partial charge in [-0.15, -0.1) is 4.68 Å². The summed E-state index contributed by atoms with van der Waals surface area (Å²) in [6, 6.07) is 7.49. The molecule has 10 nitrogen and oxygen atoms in total. The van der Waals surface area contributed by atoms with Crippen molar-refractivity contribution in [2.24, 2.45) is 0 Å². The first-order chi connectivity index (χ1) is 14.9. The molecule has 0 aliphatic carbocycles. The van der Waals surface area contributed by atoms with E-state index in [1.54, 1.807) is 18.2 Å². The lowest BCUT2D eigenvalue weighted by Gasteiger charge is -2.10. The highest BCUT2D eigenvalue weighted by molar-refractivity contribution is 5.94. The molecule has 4 rings (SSSR count). The maximum Gasteiger partial charge on any atom is 0.411 e. The maximum absolute atomic E-state index is 14.1. The molecule has 3 heterocycles. The highest BCUT2D eigenvalue weighted by Crippen LogP contribution is 2.29. The van der Waals surface area contributed by atoms with Crippen molar-refractivity contribution in [3.63, 3.8) is 0 Å². The average Bonchev–Trinajstić information content (AvgIpc) is 3.09. The van der Waals surface area contributed by atoms with Crippen LogP contribution in [0.3, 0.4) is 0 Å². The van der Waals surface area contributed by atoms with Gasteiger partial charge < -0.3 is 16.2 Å². The number of nitrogens with two attached hydrogens (primary N) is 2. The van der Waals surface area contributed by atoms with Gasteiger partial charge in [0, 0.05) is 5.56 Å². The second-order valence-corrected chi connectivity index (χ2v) is 6.50. The number of anilines is 3. The monoisotopic (exact) mass is 427 g/mol. The number of hydrogen-bond acceptors (Lipinski definition) is 7. The third kappa shape index (κ3) is 3.77. The molecule has 0 unspecified atom stereocenters. The van der Waals surface area contributed by atoms with Crippen molar-refractivity contribution < 1.29 is 23.0 Å². The van der Waals surface area contributed by atoms with Crippen LogP contribution < -0.4 is 21.5 Å². The van der Waals surface area contributed by atoms with Crippen LogP contribution in [0.1, 0.15) is 5.56 Å². The fourth-order valence-corrected chi connectivity index (χ4v) is 3.05. The standard InChI is InChI=1S/C19H16F2N8O2/c1-31-19(30)25-14-15(22)26-17(27-16(14)23)13-11-6-10(20)7-24-18(11)29(28-13)8-9-4-2-3-5-12(9)21/h2-7H,8H2,1H3,(H5,22,23,25,26,27,28,30)/p+1. The average molecular weight is 427 g/mol. The van der Waals surface area contributed by atoms with Crippen molar-refractivity contribution in [1.29, 1.82) is 0 Å². The molecule has 6 N–H and O–H groups in total. The molecule has 0 saturated carbocycles. The van der Waals surface area contributed by atoms with E-state index < -0.39 is 17.7 Å². The van der Waals surface area contributed by atoms with Crippen LogP contribution in [0.4, 0.5) is 30.9 Å². The number of nitrogens with one attached hydrogen (secondary N) is 2. The Kier molecular flexibility index (Phi) is 5.03. The summed E-state index contributed by atoms with van der Waals surface area (Å²) in [4.78, 5) is 23.9. The van der Waals surface area contributed by atoms with Gasteiger partial charge in [0.1, 0.15) is 29.1 Å². The maximum atomic E-state index is 14.1. The zero-order valence-electron chi connectivity index (χ0n) is 16.2. The summed E-state index contributed by atoms with van der Waals surface area (Å²) in [7, 11) is 1.18. The van der Waals surface area contributed by atoms with E-state index in [1.807, 2.05) is 0 Å². The van der Waals surface area contributed by atoms with Crippen molar-refractivity contribution in [1.82, 2.24) is 20.1 Å². The van der Waals surface area contributed by atoms with Gasteiger partial charge in [-0.2, -0.15) is 0 Å². The first-order valence-corrected chi connectivity index (χ1v) is 8.96. The van der Waals surface area contributed by atoms with Gasteiger partial charge in [0.15, 0.2) is 29.5 Å². The number of carbonyl (C=O) groups excluding carboxylic acids is 1. The van der Waals surface area contributed by atoms with E-state index >= 15 is 0 Å². The molecule has 3 aromatic heterocycles. The number of rotatable bonds is 4. The molecule has 0 aliphatic heterocycles. The Morgan fingerprint density at radius 2 is 1.94 bits per heavy atom. The van der Waals surface area contributed by atoms with Gasteiger partial charge in [-0.25, -0.2) is 28.6 Å². The number of benzene rings is 1. The molecule has 1 amide bonds. The van der Waals surface area contributed by atoms with E-state index in [2.05, 4.69) is 30.1 Å². The number of ether oxygens (including phenoxy) is 1. The van der Waals surface area contributed by atoms with Gasteiger partial charge in [0.25, 0.3) is 0 Å². The van der Waals surface area contributed by atoms with E-state index in [9.17, 15) is 13.6 Å². The summed E-state index contributed by atoms with van der Waals surface area (Å²) in [5.74, 6) is -1.20. The van der Waals surface area contributed by atoms with Gasteiger partial charge in [0.05, 0.1) is 7.11 Å². The smallest absolute Gasteiger partial charge is 0.411 e. The van der Waals surface area contributed by atoms with Gasteiger partial charge >= 0.3 is 11.7 Å². The van der Waals surface area contributed by atoms with Crippen LogP contribution >= 0.6 is 0 Å². The van der Waals surface area contributed by atoms with Crippen molar-refractivity contribution >= 4 is 34.4 Å². The predicted molar refractivity (Wildman–Crippen MR) is 108 cm³/mol. The Balaban J connectivity index is 1.84. The van der Waals surface area contributed by atoms with Crippen LogP contribution in [0.5, 0.6) is 0 Å². The van der Waals surface area contributed by atoms with Gasteiger partial charge in [0.2, 0.25) is 0 Å². The predicted octanol–water partition coefficient (Wildman–Crippen LogP) is 1.98. The molecule has 0 atom stereocenters. The molecule has 0 spiro atoms. The second-order valence-electron chi connectivity index (χ2n) is 6.50. The van der Waals surface area contributed by atoms with E-state index in [0.29, 0.717) is 16.6 Å². The van der Waals surface area contributed by atoms with Gasteiger partial charge in [-0.3, -0.25) is 5.32 Å². The summed E-state index contributed by atoms with van der Waals surface area (Å²) in [5.41, 5.74) is 12.8. The summed E-state index contributed by atoms with van der Waals surface area (Å²) >= 11 is 0. The van der Waals surface area contributed by atoms with Crippen molar-refractivity contribution in [3.8, 4) is 11.5 Å². The molecule has 4 aromatic rings. The molecular formula is C19H17F2N8O2+. The summed E-state index contributed by atoms with van der Waals surface area (Å²) in [6.07, 6.45) is 0.249. The van der Waals surface area contributed by atoms with Crippen LogP contribution in [-0.4, -0.2) is 33.3 Å². The fourth-order valence-electron chi connectivity index (χ4n) is 3.05. The Bertz CT molecular complexity index is 1280. The number of H-pyrrole nitrogens is 1. The number of nitrogen functional groups attached to an aromatic ring is 2. The van der Waals surface area contributed by atoms with E-state index in [4.69, 9.17) is 11.5 Å². The fraction of sp³-hybridized carbons (Fsp3) is 0.105. The van der Waals surface area contributed by atoms with Crippen LogP contribution in [0, 0.1) is 11.6 Å². The quantitative estimate of drug-likeness (QED) is 0.364. The van der Waals surface area contributed by atoms with Crippen LogP contribution in [0.15, 0.2) is 36.5 Å². The topological polar surface area (TPSA) is 149 Å².